The van der Waals surface area contributed by atoms with Gasteiger partial charge in [-0.1, -0.05) is 181 Å². The zero-order valence-electron chi connectivity index (χ0n) is 39.8. The van der Waals surface area contributed by atoms with Crippen molar-refractivity contribution in [1.82, 2.24) is 44.3 Å². The third kappa shape index (κ3) is 18.4. The van der Waals surface area contributed by atoms with Gasteiger partial charge < -0.3 is 24.6 Å². The SMILES string of the molecule is C.COC(=O)CSc1nnc(Br)n1Cc1ccc(Br)c2ccccc12.COC(=O)CSc1nncn1Cc1ccc(Br)c2ccccc12.O=C(O)CSc1nnc(Br)n1Cc1ccc(Br)c2ccccc12.[B]=NS.[Li+].[OH-]. The van der Waals surface area contributed by atoms with Crippen LogP contribution in [0.3, 0.4) is 0 Å². The third-order valence-corrected chi connectivity index (χ3v) is 16.3. The second-order valence-corrected chi connectivity index (χ2v) is 21.7. The van der Waals surface area contributed by atoms with E-state index in [1.807, 2.05) is 74.4 Å². The van der Waals surface area contributed by atoms with E-state index in [9.17, 15) is 14.4 Å². The minimum absolute atomic E-state index is 0. The Labute approximate surface area is 511 Å². The molecule has 76 heavy (non-hydrogen) atoms. The van der Waals surface area contributed by atoms with Crippen molar-refractivity contribution in [2.24, 2.45) is 4.30 Å². The predicted octanol–water partition coefficient (Wildman–Crippen LogP) is 9.60. The van der Waals surface area contributed by atoms with Crippen LogP contribution >= 0.6 is 128 Å². The number of aliphatic carboxylic acids is 1. The quantitative estimate of drug-likeness (QED) is 0.0422. The maximum Gasteiger partial charge on any atom is 1.00 e. The number of fused-ring (bicyclic) bond motifs is 3. The molecule has 0 amide bonds. The average Bonchev–Trinajstić information content (AvgIpc) is 4.11. The van der Waals surface area contributed by atoms with E-state index < -0.39 is 5.97 Å². The van der Waals surface area contributed by atoms with E-state index in [1.54, 1.807) is 6.33 Å². The molecule has 0 atom stereocenters. The van der Waals surface area contributed by atoms with Crippen LogP contribution in [0.5, 0.6) is 0 Å². The molecule has 0 saturated heterocycles. The molecule has 0 aliphatic rings. The number of methoxy groups -OCH3 is 2. The van der Waals surface area contributed by atoms with E-state index in [0.29, 0.717) is 44.6 Å². The van der Waals surface area contributed by atoms with Gasteiger partial charge in [-0.3, -0.25) is 23.5 Å². The number of esters is 2. The zero-order valence-corrected chi connectivity index (χ0v) is 51.0. The monoisotopic (exact) mass is 1410 g/mol. The molecule has 0 unspecified atom stereocenters. The molecule has 0 bridgehead atoms. The minimum atomic E-state index is -0.880. The first-order valence-electron chi connectivity index (χ1n) is 21.1. The van der Waals surface area contributed by atoms with Crippen LogP contribution in [-0.2, 0) is 43.5 Å². The molecule has 28 heteroatoms. The number of carboxylic acids is 1. The van der Waals surface area contributed by atoms with Crippen LogP contribution in [0.1, 0.15) is 24.1 Å². The predicted molar refractivity (Wildman–Crippen MR) is 317 cm³/mol. The van der Waals surface area contributed by atoms with Gasteiger partial charge in [-0.05, 0) is 99.1 Å². The van der Waals surface area contributed by atoms with Crippen molar-refractivity contribution >= 4 is 186 Å². The average molecular weight is 1420 g/mol. The number of rotatable bonds is 15. The minimum Gasteiger partial charge on any atom is -0.870 e. The molecule has 3 aromatic heterocycles. The van der Waals surface area contributed by atoms with Gasteiger partial charge in [0.25, 0.3) is 0 Å². The number of halogens is 5. The first-order valence-corrected chi connectivity index (χ1v) is 28.4. The number of benzene rings is 6. The number of thioether (sulfide) groups is 3. The van der Waals surface area contributed by atoms with E-state index in [0.717, 1.165) is 57.9 Å². The number of thiol groups is 1. The Kier molecular flexibility index (Phi) is 29.3. The number of hydrogen-bond acceptors (Lipinski definition) is 17. The number of carbonyl (C=O) groups excluding carboxylic acids is 2. The molecule has 17 nitrogen and oxygen atoms in total. The van der Waals surface area contributed by atoms with Crippen LogP contribution in [0.4, 0.5) is 0 Å². The van der Waals surface area contributed by atoms with Gasteiger partial charge in [0.1, 0.15) is 6.33 Å². The fraction of sp³-hybridized carbons (Fsp3) is 0.188. The number of carboxylic acid groups (broad SMARTS) is 1. The fourth-order valence-electron chi connectivity index (χ4n) is 6.89. The molecule has 9 aromatic rings. The largest absolute Gasteiger partial charge is 1.00 e. The summed E-state index contributed by atoms with van der Waals surface area (Å²) in [6, 6.07) is 36.9. The van der Waals surface area contributed by atoms with E-state index in [4.69, 9.17) is 5.11 Å². The first-order chi connectivity index (χ1) is 35.3. The molecular formula is C48H44BBr5LiN10O7S4. The Morgan fingerprint density at radius 1 is 0.566 bits per heavy atom. The second kappa shape index (κ2) is 33.6. The second-order valence-electron chi connectivity index (χ2n) is 14.7. The van der Waals surface area contributed by atoms with Crippen molar-refractivity contribution in [1.29, 1.82) is 0 Å². The van der Waals surface area contributed by atoms with Crippen molar-refractivity contribution < 1.29 is 53.3 Å². The van der Waals surface area contributed by atoms with Gasteiger partial charge in [0.2, 0.25) is 9.47 Å². The summed E-state index contributed by atoms with van der Waals surface area (Å²) in [6.45, 7) is 1.80. The van der Waals surface area contributed by atoms with Gasteiger partial charge in [-0.15, -0.1) is 30.6 Å². The number of hydrogen-bond donors (Lipinski definition) is 2. The first kappa shape index (κ1) is 66.4. The van der Waals surface area contributed by atoms with Crippen molar-refractivity contribution in [3.63, 3.8) is 0 Å². The Morgan fingerprint density at radius 2 is 0.908 bits per heavy atom. The van der Waals surface area contributed by atoms with Gasteiger partial charge in [0.05, 0.1) is 51.1 Å². The number of ether oxygens (including phenoxy) is 2. The van der Waals surface area contributed by atoms with Crippen molar-refractivity contribution in [3.05, 3.63) is 155 Å². The molecule has 0 fully saturated rings. The van der Waals surface area contributed by atoms with Crippen molar-refractivity contribution in [2.75, 3.05) is 31.5 Å². The summed E-state index contributed by atoms with van der Waals surface area (Å²) in [7, 11) is 7.09. The van der Waals surface area contributed by atoms with Gasteiger partial charge in [0, 0.05) is 13.4 Å². The summed E-state index contributed by atoms with van der Waals surface area (Å²) in [6.07, 6.45) is 1.68. The maximum atomic E-state index is 11.4. The van der Waals surface area contributed by atoms with Crippen molar-refractivity contribution in [3.8, 4) is 0 Å². The molecule has 391 valence electrons. The van der Waals surface area contributed by atoms with E-state index in [2.05, 4.69) is 193 Å². The summed E-state index contributed by atoms with van der Waals surface area (Å²) >= 11 is 24.5. The number of carbonyl (C=O) groups is 3. The van der Waals surface area contributed by atoms with Crippen molar-refractivity contribution in [2.45, 2.75) is 42.5 Å². The zero-order chi connectivity index (χ0) is 52.4. The molecule has 0 spiro atoms. The van der Waals surface area contributed by atoms with Crippen LogP contribution in [0, 0.1) is 0 Å². The van der Waals surface area contributed by atoms with Crippen LogP contribution in [-0.4, -0.2) is 112 Å². The van der Waals surface area contributed by atoms with Crippen LogP contribution < -0.4 is 18.9 Å². The molecular weight excluding hydrogens is 1370 g/mol. The fourth-order valence-corrected chi connectivity index (χ4v) is 11.5. The Hall–Kier alpha value is -3.85. The summed E-state index contributed by atoms with van der Waals surface area (Å²) in [5.41, 5.74) is 3.43. The summed E-state index contributed by atoms with van der Waals surface area (Å²) < 4.78 is 22.1. The van der Waals surface area contributed by atoms with Gasteiger partial charge >= 0.3 is 61.5 Å². The summed E-state index contributed by atoms with van der Waals surface area (Å²) in [5.74, 6) is -1.08. The van der Waals surface area contributed by atoms with Crippen LogP contribution in [0.15, 0.2) is 158 Å². The summed E-state index contributed by atoms with van der Waals surface area (Å²) in [5, 5.41) is 42.0. The smallest absolute Gasteiger partial charge is 0.870 e. The van der Waals surface area contributed by atoms with Crippen LogP contribution in [0.2, 0.25) is 0 Å². The van der Waals surface area contributed by atoms with E-state index in [-0.39, 0.29) is 61.0 Å². The maximum absolute atomic E-state index is 11.4. The topological polar surface area (TPSA) is 224 Å². The molecule has 9 rings (SSSR count). The van der Waals surface area contributed by atoms with Gasteiger partial charge in [-0.25, -0.2) is 0 Å². The normalized spacial score (nSPS) is 10.2. The van der Waals surface area contributed by atoms with E-state index in [1.165, 1.54) is 54.1 Å². The molecule has 0 aliphatic carbocycles. The molecule has 3 heterocycles. The number of nitrogens with zero attached hydrogens (tertiary/aromatic N) is 10. The van der Waals surface area contributed by atoms with E-state index >= 15 is 0 Å². The van der Waals surface area contributed by atoms with Crippen LogP contribution in [0.25, 0.3) is 32.3 Å². The van der Waals surface area contributed by atoms with Gasteiger partial charge in [0.15, 0.2) is 15.5 Å². The summed E-state index contributed by atoms with van der Waals surface area (Å²) in [4.78, 5) is 33.4. The Balaban J connectivity index is 0.000000287. The molecule has 0 aliphatic heterocycles. The number of aromatic nitrogens is 9. The third-order valence-electron chi connectivity index (χ3n) is 10.2. The molecule has 1 radical (unpaired) electrons. The molecule has 2 N–H and O–H groups in total. The van der Waals surface area contributed by atoms with Gasteiger partial charge in [-0.2, -0.15) is 0 Å². The molecule has 6 aromatic carbocycles. The standard InChI is InChI=1S/C16H13Br2N3O2S.C16H14BrN3O2S.C15H11Br2N3O2S.CH4.BHNS.Li.H2O/c1-23-14(22)9-24-16-20-19-15(18)21(16)8-10-6-7-13(17)12-5-3-2-4-11(10)12;1-22-15(21)9-23-16-19-18-10-20(16)8-11-6-7-14(17)13-5-3-2-4-12(11)13;16-12-6-5-9(10-3-1-2-4-11(10)12)7-20-14(17)18-19-15(20)23-8-13(21)22;;1-2-3;;/h2-7H,8-9H2,1H3;2-7,10H,8-9H2,1H3;1-6H,7-8H2,(H,21,22);1H4;3H;;1H2/q;;;;;+1;/p-1. The Bertz CT molecular complexity index is 3400. The Morgan fingerprint density at radius 3 is 1.28 bits per heavy atom. The molecule has 0 saturated carbocycles.